The molecule has 0 amide bonds. The van der Waals surface area contributed by atoms with Gasteiger partial charge in [-0.15, -0.1) is 0 Å². The van der Waals surface area contributed by atoms with E-state index in [1.165, 1.54) is 7.11 Å². The van der Waals surface area contributed by atoms with E-state index in [2.05, 4.69) is 11.8 Å². The molecule has 0 aromatic heterocycles. The van der Waals surface area contributed by atoms with Crippen LogP contribution in [-0.4, -0.2) is 48.3 Å². The van der Waals surface area contributed by atoms with Crippen molar-refractivity contribution in [1.82, 2.24) is 4.90 Å². The first-order valence-corrected chi connectivity index (χ1v) is 6.06. The molecule has 0 spiro atoms. The lowest BCUT2D eigenvalue weighted by atomic mass is 9.80. The lowest BCUT2D eigenvalue weighted by Crippen LogP contribution is -2.50. The van der Waals surface area contributed by atoms with E-state index < -0.39 is 11.5 Å². The average Bonchev–Trinajstić information content (AvgIpc) is 2.30. The van der Waals surface area contributed by atoms with E-state index in [1.54, 1.807) is 6.92 Å². The predicted octanol–water partition coefficient (Wildman–Crippen LogP) is 1.03. The van der Waals surface area contributed by atoms with E-state index in [0.717, 1.165) is 26.1 Å². The standard InChI is InChI=1S/C12H23NO3/c1-4-7-13-8-5-12(15,6-9-13)10(2)11(14)16-3/h10,15H,4-9H2,1-3H3. The third kappa shape index (κ3) is 2.95. The Hall–Kier alpha value is -0.610. The molecule has 16 heavy (non-hydrogen) atoms. The van der Waals surface area contributed by atoms with Gasteiger partial charge in [0.05, 0.1) is 18.6 Å². The number of aliphatic hydroxyl groups is 1. The summed E-state index contributed by atoms with van der Waals surface area (Å²) in [6.45, 7) is 6.71. The van der Waals surface area contributed by atoms with Crippen LogP contribution < -0.4 is 0 Å². The number of piperidine rings is 1. The van der Waals surface area contributed by atoms with Crippen molar-refractivity contribution >= 4 is 5.97 Å². The highest BCUT2D eigenvalue weighted by Gasteiger charge is 2.41. The number of esters is 1. The number of methoxy groups -OCH3 is 1. The molecule has 0 radical (unpaired) electrons. The Morgan fingerprint density at radius 1 is 1.50 bits per heavy atom. The Balaban J connectivity index is 2.52. The molecule has 1 aliphatic rings. The minimum Gasteiger partial charge on any atom is -0.469 e. The molecule has 1 fully saturated rings. The molecule has 1 atom stereocenters. The van der Waals surface area contributed by atoms with Gasteiger partial charge in [0.15, 0.2) is 0 Å². The van der Waals surface area contributed by atoms with Gasteiger partial charge in [-0.1, -0.05) is 6.92 Å². The number of nitrogens with zero attached hydrogens (tertiary/aromatic N) is 1. The zero-order valence-corrected chi connectivity index (χ0v) is 10.5. The number of carbonyl (C=O) groups excluding carboxylic acids is 1. The smallest absolute Gasteiger partial charge is 0.311 e. The molecular formula is C12H23NO3. The van der Waals surface area contributed by atoms with Gasteiger partial charge >= 0.3 is 5.97 Å². The van der Waals surface area contributed by atoms with Gasteiger partial charge in [0.25, 0.3) is 0 Å². The van der Waals surface area contributed by atoms with Crippen LogP contribution in [0.3, 0.4) is 0 Å². The fourth-order valence-electron chi connectivity index (χ4n) is 2.31. The van der Waals surface area contributed by atoms with E-state index >= 15 is 0 Å². The Kier molecular flexibility index (Phi) is 4.74. The summed E-state index contributed by atoms with van der Waals surface area (Å²) in [5.41, 5.74) is -0.878. The van der Waals surface area contributed by atoms with Crippen LogP contribution in [0.15, 0.2) is 0 Å². The highest BCUT2D eigenvalue weighted by Crippen LogP contribution is 2.30. The van der Waals surface area contributed by atoms with Gasteiger partial charge in [0, 0.05) is 13.1 Å². The van der Waals surface area contributed by atoms with Gasteiger partial charge in [0.2, 0.25) is 0 Å². The minimum absolute atomic E-state index is 0.313. The zero-order valence-electron chi connectivity index (χ0n) is 10.5. The van der Waals surface area contributed by atoms with Crippen LogP contribution in [0, 0.1) is 5.92 Å². The zero-order chi connectivity index (χ0) is 12.2. The second-order valence-electron chi connectivity index (χ2n) is 4.69. The van der Waals surface area contributed by atoms with Crippen molar-refractivity contribution in [3.05, 3.63) is 0 Å². The van der Waals surface area contributed by atoms with E-state index in [0.29, 0.717) is 12.8 Å². The molecule has 1 saturated heterocycles. The lowest BCUT2D eigenvalue weighted by molar-refractivity contribution is -0.158. The molecule has 1 heterocycles. The van der Waals surface area contributed by atoms with Gasteiger partial charge < -0.3 is 14.7 Å². The summed E-state index contributed by atoms with van der Waals surface area (Å²) in [5.74, 6) is -0.743. The molecule has 1 aliphatic heterocycles. The van der Waals surface area contributed by atoms with Gasteiger partial charge in [-0.25, -0.2) is 0 Å². The number of carbonyl (C=O) groups is 1. The maximum absolute atomic E-state index is 11.4. The Bertz CT molecular complexity index is 234. The number of hydrogen-bond donors (Lipinski definition) is 1. The summed E-state index contributed by atoms with van der Waals surface area (Å²) in [7, 11) is 1.37. The topological polar surface area (TPSA) is 49.8 Å². The Labute approximate surface area is 97.6 Å². The van der Waals surface area contributed by atoms with Crippen molar-refractivity contribution in [2.75, 3.05) is 26.7 Å². The molecule has 4 nitrogen and oxygen atoms in total. The fraction of sp³-hybridized carbons (Fsp3) is 0.917. The van der Waals surface area contributed by atoms with Crippen LogP contribution in [-0.2, 0) is 9.53 Å². The molecule has 0 aromatic rings. The van der Waals surface area contributed by atoms with Gasteiger partial charge in [-0.05, 0) is 32.7 Å². The van der Waals surface area contributed by atoms with Crippen molar-refractivity contribution in [2.45, 2.75) is 38.7 Å². The molecular weight excluding hydrogens is 206 g/mol. The number of rotatable bonds is 4. The Morgan fingerprint density at radius 3 is 2.50 bits per heavy atom. The second-order valence-corrected chi connectivity index (χ2v) is 4.69. The quantitative estimate of drug-likeness (QED) is 0.732. The average molecular weight is 229 g/mol. The van der Waals surface area contributed by atoms with Gasteiger partial charge in [-0.3, -0.25) is 4.79 Å². The summed E-state index contributed by atoms with van der Waals surface area (Å²) in [6.07, 6.45) is 2.44. The number of likely N-dealkylation sites (tertiary alicyclic amines) is 1. The number of hydrogen-bond acceptors (Lipinski definition) is 4. The summed E-state index contributed by atoms with van der Waals surface area (Å²) in [4.78, 5) is 13.8. The molecule has 0 saturated carbocycles. The highest BCUT2D eigenvalue weighted by molar-refractivity contribution is 5.73. The highest BCUT2D eigenvalue weighted by atomic mass is 16.5. The number of ether oxygens (including phenoxy) is 1. The van der Waals surface area contributed by atoms with Crippen LogP contribution in [0.1, 0.15) is 33.1 Å². The molecule has 1 unspecified atom stereocenters. The van der Waals surface area contributed by atoms with E-state index in [9.17, 15) is 9.90 Å². The molecule has 4 heteroatoms. The van der Waals surface area contributed by atoms with Crippen LogP contribution in [0.5, 0.6) is 0 Å². The minimum atomic E-state index is -0.878. The lowest BCUT2D eigenvalue weighted by Gasteiger charge is -2.40. The van der Waals surface area contributed by atoms with E-state index in [-0.39, 0.29) is 5.97 Å². The van der Waals surface area contributed by atoms with E-state index in [4.69, 9.17) is 4.74 Å². The summed E-state index contributed by atoms with van der Waals surface area (Å²) < 4.78 is 4.69. The summed E-state index contributed by atoms with van der Waals surface area (Å²) in [5, 5.41) is 10.4. The van der Waals surface area contributed by atoms with Crippen molar-refractivity contribution in [3.8, 4) is 0 Å². The largest absolute Gasteiger partial charge is 0.469 e. The Morgan fingerprint density at radius 2 is 2.06 bits per heavy atom. The fourth-order valence-corrected chi connectivity index (χ4v) is 2.31. The van der Waals surface area contributed by atoms with Gasteiger partial charge in [0.1, 0.15) is 0 Å². The molecule has 0 bridgehead atoms. The van der Waals surface area contributed by atoms with Crippen molar-refractivity contribution in [3.63, 3.8) is 0 Å². The van der Waals surface area contributed by atoms with Crippen molar-refractivity contribution in [2.24, 2.45) is 5.92 Å². The predicted molar refractivity (Wildman–Crippen MR) is 62.1 cm³/mol. The maximum atomic E-state index is 11.4. The first kappa shape index (κ1) is 13.5. The first-order chi connectivity index (χ1) is 7.53. The van der Waals surface area contributed by atoms with Crippen LogP contribution in [0.2, 0.25) is 0 Å². The molecule has 0 aromatic carbocycles. The third-order valence-corrected chi connectivity index (χ3v) is 3.62. The van der Waals surface area contributed by atoms with Crippen LogP contribution in [0.25, 0.3) is 0 Å². The summed E-state index contributed by atoms with van der Waals surface area (Å²) in [6, 6.07) is 0. The van der Waals surface area contributed by atoms with E-state index in [1.807, 2.05) is 0 Å². The van der Waals surface area contributed by atoms with Crippen molar-refractivity contribution in [1.29, 1.82) is 0 Å². The third-order valence-electron chi connectivity index (χ3n) is 3.62. The molecule has 0 aliphatic carbocycles. The van der Waals surface area contributed by atoms with Crippen LogP contribution in [0.4, 0.5) is 0 Å². The molecule has 94 valence electrons. The van der Waals surface area contributed by atoms with Crippen molar-refractivity contribution < 1.29 is 14.6 Å². The summed E-state index contributed by atoms with van der Waals surface area (Å²) >= 11 is 0. The van der Waals surface area contributed by atoms with Gasteiger partial charge in [-0.2, -0.15) is 0 Å². The monoisotopic (exact) mass is 229 g/mol. The SMILES string of the molecule is CCCN1CCC(O)(C(C)C(=O)OC)CC1. The maximum Gasteiger partial charge on any atom is 0.311 e. The normalized spacial score (nSPS) is 22.8. The molecule has 1 N–H and O–H groups in total. The molecule has 1 rings (SSSR count). The van der Waals surface area contributed by atoms with Crippen LogP contribution >= 0.6 is 0 Å². The first-order valence-electron chi connectivity index (χ1n) is 6.06. The second kappa shape index (κ2) is 5.64.